The molecule has 1 fully saturated rings. The van der Waals surface area contributed by atoms with Crippen LogP contribution >= 0.6 is 11.3 Å². The van der Waals surface area contributed by atoms with E-state index in [0.29, 0.717) is 5.39 Å². The van der Waals surface area contributed by atoms with E-state index in [1.165, 1.54) is 0 Å². The van der Waals surface area contributed by atoms with Crippen LogP contribution in [0.1, 0.15) is 34.6 Å². The topological polar surface area (TPSA) is 83.8 Å². The molecule has 3 heterocycles. The van der Waals surface area contributed by atoms with Gasteiger partial charge in [-0.15, -0.1) is 11.3 Å². The molecule has 166 valence electrons. The summed E-state index contributed by atoms with van der Waals surface area (Å²) in [7, 11) is 1.85. The molecule has 3 aromatic rings. The van der Waals surface area contributed by atoms with Gasteiger partial charge in [-0.1, -0.05) is 26.0 Å². The van der Waals surface area contributed by atoms with Crippen molar-refractivity contribution in [3.05, 3.63) is 62.8 Å². The van der Waals surface area contributed by atoms with Crippen molar-refractivity contribution in [1.82, 2.24) is 14.8 Å². The zero-order valence-corrected chi connectivity index (χ0v) is 19.0. The molecule has 31 heavy (non-hydrogen) atoms. The lowest BCUT2D eigenvalue weighted by Gasteiger charge is -2.25. The number of aryl methyl sites for hydroxylation is 1. The van der Waals surface area contributed by atoms with Crippen molar-refractivity contribution in [3.8, 4) is 5.75 Å². The van der Waals surface area contributed by atoms with Crippen LogP contribution in [-0.4, -0.2) is 46.8 Å². The number of phenols is 1. The fourth-order valence-corrected chi connectivity index (χ4v) is 4.55. The van der Waals surface area contributed by atoms with Crippen LogP contribution in [-0.2, 0) is 24.9 Å². The summed E-state index contributed by atoms with van der Waals surface area (Å²) in [4.78, 5) is 29.9. The first-order chi connectivity index (χ1) is 15.0. The van der Waals surface area contributed by atoms with E-state index in [0.717, 1.165) is 48.1 Å². The Labute approximate surface area is 185 Å². The summed E-state index contributed by atoms with van der Waals surface area (Å²) in [5.41, 5.74) is 0.734. The Hall–Kier alpha value is -2.68. The maximum absolute atomic E-state index is 12.9. The molecule has 8 heteroatoms. The molecule has 0 spiro atoms. The Morgan fingerprint density at radius 2 is 1.87 bits per heavy atom. The molecule has 2 aromatic heterocycles. The molecule has 1 aliphatic heterocycles. The average molecular weight is 444 g/mol. The van der Waals surface area contributed by atoms with Crippen molar-refractivity contribution >= 4 is 27.5 Å². The van der Waals surface area contributed by atoms with Crippen LogP contribution in [0.15, 0.2) is 41.3 Å². The number of nitrogens with zero attached hydrogens (tertiary/aromatic N) is 2. The van der Waals surface area contributed by atoms with Gasteiger partial charge in [-0.25, -0.2) is 0 Å². The minimum absolute atomic E-state index is 0.134. The van der Waals surface area contributed by atoms with Crippen LogP contribution in [0.2, 0.25) is 0 Å². The third kappa shape index (κ3) is 5.52. The normalized spacial score (nSPS) is 14.2. The highest BCUT2D eigenvalue weighted by molar-refractivity contribution is 7.18. The zero-order chi connectivity index (χ0) is 22.4. The van der Waals surface area contributed by atoms with Crippen LogP contribution in [0.3, 0.4) is 0 Å². The zero-order valence-electron chi connectivity index (χ0n) is 18.2. The van der Waals surface area contributed by atoms with E-state index in [1.54, 1.807) is 41.8 Å². The van der Waals surface area contributed by atoms with Crippen molar-refractivity contribution < 1.29 is 14.6 Å². The van der Waals surface area contributed by atoms with E-state index in [2.05, 4.69) is 10.2 Å². The molecule has 1 amide bonds. The predicted octanol–water partition coefficient (Wildman–Crippen LogP) is 3.09. The molecule has 4 rings (SSSR count). The Morgan fingerprint density at radius 3 is 2.55 bits per heavy atom. The first-order valence-electron chi connectivity index (χ1n) is 10.5. The van der Waals surface area contributed by atoms with Crippen LogP contribution in [0, 0.1) is 0 Å². The van der Waals surface area contributed by atoms with Crippen molar-refractivity contribution in [2.45, 2.75) is 26.9 Å². The standard InChI is InChI=1S/C21H23N3O4S.C2H6/c1-23-13-18(20(27)22-11-14-2-4-15(25)5-3-14)19(26)17-10-16(29-21(17)23)12-24-6-8-28-9-7-24;1-2/h2-5,10,13,25H,6-9,11-12H2,1H3,(H,22,27);1-2H3. The minimum atomic E-state index is -0.401. The molecular weight excluding hydrogens is 414 g/mol. The molecular formula is C23H29N3O4S. The maximum atomic E-state index is 12.9. The predicted molar refractivity (Wildman–Crippen MR) is 124 cm³/mol. The summed E-state index contributed by atoms with van der Waals surface area (Å²) in [5.74, 6) is -0.230. The van der Waals surface area contributed by atoms with Crippen molar-refractivity contribution in [1.29, 1.82) is 0 Å². The largest absolute Gasteiger partial charge is 0.508 e. The molecule has 0 saturated carbocycles. The molecule has 1 aliphatic rings. The van der Waals surface area contributed by atoms with Gasteiger partial charge in [-0.2, -0.15) is 0 Å². The maximum Gasteiger partial charge on any atom is 0.257 e. The summed E-state index contributed by atoms with van der Waals surface area (Å²) in [5, 5.41) is 12.7. The number of fused-ring (bicyclic) bond motifs is 1. The molecule has 7 nitrogen and oxygen atoms in total. The number of carbonyl (C=O) groups excluding carboxylic acids is 1. The summed E-state index contributed by atoms with van der Waals surface area (Å²) < 4.78 is 7.24. The Bertz CT molecular complexity index is 1080. The summed E-state index contributed by atoms with van der Waals surface area (Å²) in [6.45, 7) is 8.30. The second-order valence-corrected chi connectivity index (χ2v) is 8.27. The molecule has 0 radical (unpaired) electrons. The second kappa shape index (κ2) is 10.6. The highest BCUT2D eigenvalue weighted by Gasteiger charge is 2.18. The second-order valence-electron chi connectivity index (χ2n) is 7.15. The number of amides is 1. The Kier molecular flexibility index (Phi) is 7.84. The van der Waals surface area contributed by atoms with Gasteiger partial charge in [0.15, 0.2) is 0 Å². The Morgan fingerprint density at radius 1 is 1.19 bits per heavy atom. The number of aromatic nitrogens is 1. The molecule has 1 aromatic carbocycles. The van der Waals surface area contributed by atoms with Crippen LogP contribution in [0.5, 0.6) is 5.75 Å². The fraction of sp³-hybridized carbons (Fsp3) is 0.391. The number of hydrogen-bond donors (Lipinski definition) is 2. The quantitative estimate of drug-likeness (QED) is 0.633. The third-order valence-corrected chi connectivity index (χ3v) is 6.22. The van der Waals surface area contributed by atoms with Gasteiger partial charge in [0.25, 0.3) is 5.91 Å². The number of carbonyl (C=O) groups is 1. The molecule has 2 N–H and O–H groups in total. The van der Waals surface area contributed by atoms with Gasteiger partial charge in [-0.3, -0.25) is 14.5 Å². The van der Waals surface area contributed by atoms with Crippen LogP contribution in [0.25, 0.3) is 10.2 Å². The summed E-state index contributed by atoms with van der Waals surface area (Å²) in [6.07, 6.45) is 1.60. The van der Waals surface area contributed by atoms with E-state index in [9.17, 15) is 14.7 Å². The number of benzene rings is 1. The lowest BCUT2D eigenvalue weighted by Crippen LogP contribution is -2.35. The molecule has 0 bridgehead atoms. The summed E-state index contributed by atoms with van der Waals surface area (Å²) in [6, 6.07) is 8.50. The number of morpholine rings is 1. The molecule has 0 aliphatic carbocycles. The van der Waals surface area contributed by atoms with Gasteiger partial charge in [0.2, 0.25) is 5.43 Å². The van der Waals surface area contributed by atoms with Gasteiger partial charge >= 0.3 is 0 Å². The number of hydrogen-bond acceptors (Lipinski definition) is 6. The highest BCUT2D eigenvalue weighted by Crippen LogP contribution is 2.25. The first kappa shape index (κ1) is 23.0. The van der Waals surface area contributed by atoms with E-state index in [4.69, 9.17) is 4.74 Å². The molecule has 0 unspecified atom stereocenters. The molecule has 0 atom stereocenters. The van der Waals surface area contributed by atoms with E-state index in [1.807, 2.05) is 31.5 Å². The number of phenolic OH excluding ortho intramolecular Hbond substituents is 1. The number of ether oxygens (including phenoxy) is 1. The number of thiophene rings is 1. The highest BCUT2D eigenvalue weighted by atomic mass is 32.1. The van der Waals surface area contributed by atoms with E-state index < -0.39 is 5.91 Å². The van der Waals surface area contributed by atoms with E-state index >= 15 is 0 Å². The number of aromatic hydroxyl groups is 1. The summed E-state index contributed by atoms with van der Waals surface area (Å²) >= 11 is 1.59. The number of pyridine rings is 1. The fourth-order valence-electron chi connectivity index (χ4n) is 3.42. The smallest absolute Gasteiger partial charge is 0.257 e. The van der Waals surface area contributed by atoms with Gasteiger partial charge in [0.05, 0.1) is 18.6 Å². The van der Waals surface area contributed by atoms with Crippen LogP contribution < -0.4 is 10.7 Å². The van der Waals surface area contributed by atoms with Gasteiger partial charge in [0, 0.05) is 44.3 Å². The SMILES string of the molecule is CC.Cn1cc(C(=O)NCc2ccc(O)cc2)c(=O)c2cc(CN3CCOCC3)sc21. The Balaban J connectivity index is 0.00000132. The molecule has 1 saturated heterocycles. The average Bonchev–Trinajstić information content (AvgIpc) is 3.22. The number of rotatable bonds is 5. The van der Waals surface area contributed by atoms with Gasteiger partial charge in [-0.05, 0) is 23.8 Å². The van der Waals surface area contributed by atoms with Crippen molar-refractivity contribution in [2.75, 3.05) is 26.3 Å². The van der Waals surface area contributed by atoms with E-state index in [-0.39, 0.29) is 23.3 Å². The van der Waals surface area contributed by atoms with Gasteiger partial charge in [0.1, 0.15) is 16.1 Å². The van der Waals surface area contributed by atoms with Crippen LogP contribution in [0.4, 0.5) is 0 Å². The van der Waals surface area contributed by atoms with Crippen molar-refractivity contribution in [2.24, 2.45) is 7.05 Å². The number of nitrogens with one attached hydrogen (secondary N) is 1. The monoisotopic (exact) mass is 443 g/mol. The third-order valence-electron chi connectivity index (χ3n) is 5.01. The van der Waals surface area contributed by atoms with Gasteiger partial charge < -0.3 is 19.7 Å². The first-order valence-corrected chi connectivity index (χ1v) is 11.3. The lowest BCUT2D eigenvalue weighted by atomic mass is 10.1. The lowest BCUT2D eigenvalue weighted by molar-refractivity contribution is 0.0346. The van der Waals surface area contributed by atoms with Crippen molar-refractivity contribution in [3.63, 3.8) is 0 Å². The minimum Gasteiger partial charge on any atom is -0.508 e.